The van der Waals surface area contributed by atoms with Gasteiger partial charge in [0, 0.05) is 6.54 Å². The highest BCUT2D eigenvalue weighted by Crippen LogP contribution is 2.38. The molecule has 0 bridgehead atoms. The Kier molecular flexibility index (Phi) is 3.02. The number of carbonyl (C=O) groups is 2. The third-order valence-corrected chi connectivity index (χ3v) is 3.66. The van der Waals surface area contributed by atoms with E-state index in [4.69, 9.17) is 5.73 Å². The van der Waals surface area contributed by atoms with Crippen LogP contribution < -0.4 is 5.73 Å². The fourth-order valence-electron chi connectivity index (χ4n) is 1.99. The molecule has 0 aromatic carbocycles. The van der Waals surface area contributed by atoms with Crippen LogP contribution in [0.5, 0.6) is 0 Å². The summed E-state index contributed by atoms with van der Waals surface area (Å²) in [4.78, 5) is 24.7. The van der Waals surface area contributed by atoms with E-state index in [0.29, 0.717) is 13.0 Å². The van der Waals surface area contributed by atoms with Gasteiger partial charge < -0.3 is 15.7 Å². The topological polar surface area (TPSA) is 83.6 Å². The summed E-state index contributed by atoms with van der Waals surface area (Å²) in [5.41, 5.74) is 3.87. The van der Waals surface area contributed by atoms with Gasteiger partial charge in [-0.1, -0.05) is 20.8 Å². The summed E-state index contributed by atoms with van der Waals surface area (Å²) in [5.74, 6) is -1.25. The zero-order chi connectivity index (χ0) is 12.7. The third-order valence-electron chi connectivity index (χ3n) is 3.66. The van der Waals surface area contributed by atoms with Crippen molar-refractivity contribution in [2.75, 3.05) is 6.54 Å². The van der Waals surface area contributed by atoms with Gasteiger partial charge in [0.2, 0.25) is 5.91 Å². The fraction of sp³-hybridized carbons (Fsp3) is 0.818. The normalized spacial score (nSPS) is 25.7. The lowest BCUT2D eigenvalue weighted by molar-refractivity contribution is -0.164. The van der Waals surface area contributed by atoms with Crippen molar-refractivity contribution in [2.45, 2.75) is 45.7 Å². The molecule has 5 nitrogen and oxygen atoms in total. The van der Waals surface area contributed by atoms with Gasteiger partial charge in [-0.2, -0.15) is 0 Å². The second-order valence-electron chi connectivity index (χ2n) is 5.51. The zero-order valence-electron chi connectivity index (χ0n) is 10.3. The first-order valence-electron chi connectivity index (χ1n) is 5.43. The van der Waals surface area contributed by atoms with E-state index in [-0.39, 0.29) is 5.91 Å². The lowest BCUT2D eigenvalue weighted by atomic mass is 9.73. The number of carboxylic acid groups (broad SMARTS) is 1. The summed E-state index contributed by atoms with van der Waals surface area (Å²) in [7, 11) is 0. The predicted molar refractivity (Wildman–Crippen MR) is 59.8 cm³/mol. The minimum Gasteiger partial charge on any atom is -0.479 e. The minimum atomic E-state index is -1.21. The van der Waals surface area contributed by atoms with E-state index in [0.717, 1.165) is 0 Å². The van der Waals surface area contributed by atoms with Crippen LogP contribution >= 0.6 is 0 Å². The molecule has 1 rings (SSSR count). The number of amides is 1. The van der Waals surface area contributed by atoms with E-state index in [1.54, 1.807) is 6.92 Å². The molecule has 1 aliphatic rings. The minimum absolute atomic E-state index is 0.264. The number of nitrogens with two attached hydrogens (primary N) is 1. The molecule has 1 fully saturated rings. The first kappa shape index (κ1) is 13.0. The van der Waals surface area contributed by atoms with Crippen molar-refractivity contribution >= 4 is 11.9 Å². The summed E-state index contributed by atoms with van der Waals surface area (Å²) in [6.07, 6.45) is 0.526. The molecule has 92 valence electrons. The Bertz CT molecular complexity index is 322. The van der Waals surface area contributed by atoms with Gasteiger partial charge >= 0.3 is 5.97 Å². The second-order valence-corrected chi connectivity index (χ2v) is 5.51. The molecule has 16 heavy (non-hydrogen) atoms. The highest BCUT2D eigenvalue weighted by molar-refractivity contribution is 5.91. The number of aliphatic carboxylic acids is 1. The first-order valence-corrected chi connectivity index (χ1v) is 5.43. The van der Waals surface area contributed by atoms with Crippen LogP contribution in [-0.4, -0.2) is 40.0 Å². The molecule has 5 heteroatoms. The molecule has 0 saturated carbocycles. The van der Waals surface area contributed by atoms with Crippen molar-refractivity contribution in [1.29, 1.82) is 0 Å². The molecule has 2 atom stereocenters. The summed E-state index contributed by atoms with van der Waals surface area (Å²) >= 11 is 0. The van der Waals surface area contributed by atoms with Gasteiger partial charge in [0.15, 0.2) is 0 Å². The number of rotatable bonds is 2. The van der Waals surface area contributed by atoms with E-state index >= 15 is 0 Å². The van der Waals surface area contributed by atoms with Gasteiger partial charge in [-0.25, -0.2) is 4.79 Å². The van der Waals surface area contributed by atoms with Crippen molar-refractivity contribution in [3.8, 4) is 0 Å². The monoisotopic (exact) mass is 228 g/mol. The maximum atomic E-state index is 11.8. The lowest BCUT2D eigenvalue weighted by Gasteiger charge is -2.44. The largest absolute Gasteiger partial charge is 0.479 e. The maximum absolute atomic E-state index is 11.8. The SMILES string of the molecule is CC(C)(C)[C@](C)(C(=O)O)N1CC[C@@H](N)C1=O. The molecular formula is C11H20N2O3. The number of nitrogens with zero attached hydrogens (tertiary/aromatic N) is 1. The van der Waals surface area contributed by atoms with E-state index in [1.165, 1.54) is 4.90 Å². The summed E-state index contributed by atoms with van der Waals surface area (Å²) in [5, 5.41) is 9.40. The molecule has 1 saturated heterocycles. The lowest BCUT2D eigenvalue weighted by Crippen LogP contribution is -2.61. The van der Waals surface area contributed by atoms with Gasteiger partial charge in [0.25, 0.3) is 0 Å². The van der Waals surface area contributed by atoms with Gasteiger partial charge in [-0.15, -0.1) is 0 Å². The van der Waals surface area contributed by atoms with Crippen molar-refractivity contribution in [2.24, 2.45) is 11.1 Å². The number of hydrogen-bond acceptors (Lipinski definition) is 3. The Balaban J connectivity index is 3.15. The van der Waals surface area contributed by atoms with Crippen molar-refractivity contribution in [1.82, 2.24) is 4.90 Å². The van der Waals surface area contributed by atoms with Crippen LogP contribution in [-0.2, 0) is 9.59 Å². The molecular weight excluding hydrogens is 208 g/mol. The summed E-state index contributed by atoms with van der Waals surface area (Å²) in [6, 6.07) is -0.555. The smallest absolute Gasteiger partial charge is 0.329 e. The van der Waals surface area contributed by atoms with Crippen molar-refractivity contribution < 1.29 is 14.7 Å². The van der Waals surface area contributed by atoms with Crippen LogP contribution in [0.2, 0.25) is 0 Å². The van der Waals surface area contributed by atoms with Crippen LogP contribution in [0.4, 0.5) is 0 Å². The number of likely N-dealkylation sites (tertiary alicyclic amines) is 1. The van der Waals surface area contributed by atoms with Crippen molar-refractivity contribution in [3.05, 3.63) is 0 Å². The molecule has 0 aliphatic carbocycles. The van der Waals surface area contributed by atoms with Crippen LogP contribution in [0.1, 0.15) is 34.1 Å². The Morgan fingerprint density at radius 1 is 1.44 bits per heavy atom. The molecule has 1 amide bonds. The first-order chi connectivity index (χ1) is 7.12. The Morgan fingerprint density at radius 2 is 1.94 bits per heavy atom. The molecule has 0 radical (unpaired) electrons. The van der Waals surface area contributed by atoms with Crippen LogP contribution in [0.3, 0.4) is 0 Å². The Hall–Kier alpha value is -1.10. The predicted octanol–water partition coefficient (Wildman–Crippen LogP) is 0.435. The quantitative estimate of drug-likeness (QED) is 0.718. The number of hydrogen-bond donors (Lipinski definition) is 2. The van der Waals surface area contributed by atoms with Crippen LogP contribution in [0.15, 0.2) is 0 Å². The van der Waals surface area contributed by atoms with E-state index in [1.807, 2.05) is 20.8 Å². The molecule has 0 unspecified atom stereocenters. The molecule has 0 aromatic heterocycles. The Morgan fingerprint density at radius 3 is 2.19 bits per heavy atom. The molecule has 0 spiro atoms. The van der Waals surface area contributed by atoms with Crippen LogP contribution in [0.25, 0.3) is 0 Å². The number of carboxylic acids is 1. The third kappa shape index (κ3) is 1.69. The van der Waals surface area contributed by atoms with Gasteiger partial charge in [0.05, 0.1) is 6.04 Å². The number of carbonyl (C=O) groups excluding carboxylic acids is 1. The average molecular weight is 228 g/mol. The summed E-state index contributed by atoms with van der Waals surface area (Å²) < 4.78 is 0. The molecule has 0 aromatic rings. The van der Waals surface area contributed by atoms with Gasteiger partial charge in [0.1, 0.15) is 5.54 Å². The zero-order valence-corrected chi connectivity index (χ0v) is 10.3. The molecule has 1 aliphatic heterocycles. The van der Waals surface area contributed by atoms with Crippen molar-refractivity contribution in [3.63, 3.8) is 0 Å². The highest BCUT2D eigenvalue weighted by atomic mass is 16.4. The summed E-state index contributed by atoms with van der Waals surface area (Å²) in [6.45, 7) is 7.46. The fourth-order valence-corrected chi connectivity index (χ4v) is 1.99. The van der Waals surface area contributed by atoms with E-state index in [9.17, 15) is 14.7 Å². The van der Waals surface area contributed by atoms with Crippen LogP contribution in [0, 0.1) is 5.41 Å². The second kappa shape index (κ2) is 3.73. The standard InChI is InChI=1S/C11H20N2O3/c1-10(2,3)11(4,9(15)16)13-6-5-7(12)8(13)14/h7H,5-6,12H2,1-4H3,(H,15,16)/t7-,11+/m1/s1. The Labute approximate surface area is 95.6 Å². The molecule has 3 N–H and O–H groups in total. The highest BCUT2D eigenvalue weighted by Gasteiger charge is 2.53. The average Bonchev–Trinajstić information content (AvgIpc) is 2.44. The molecule has 1 heterocycles. The van der Waals surface area contributed by atoms with Gasteiger partial charge in [-0.05, 0) is 18.8 Å². The van der Waals surface area contributed by atoms with Gasteiger partial charge in [-0.3, -0.25) is 4.79 Å². The maximum Gasteiger partial charge on any atom is 0.329 e. The van der Waals surface area contributed by atoms with E-state index in [2.05, 4.69) is 0 Å². The van der Waals surface area contributed by atoms with E-state index < -0.39 is 23.0 Å².